The normalized spacial score (nSPS) is 15.3. The molecule has 72 valence electrons. The molecule has 0 saturated carbocycles. The molecule has 1 heterocycles. The first-order valence-electron chi connectivity index (χ1n) is 4.33. The van der Waals surface area contributed by atoms with Crippen molar-refractivity contribution in [1.82, 2.24) is 4.98 Å². The number of carbonyl (C=O) groups is 1. The van der Waals surface area contributed by atoms with Gasteiger partial charge in [0.2, 0.25) is 0 Å². The van der Waals surface area contributed by atoms with E-state index in [1.165, 1.54) is 11.3 Å². The third kappa shape index (κ3) is 1.75. The van der Waals surface area contributed by atoms with Crippen LogP contribution in [0.5, 0.6) is 0 Å². The lowest BCUT2D eigenvalue weighted by Crippen LogP contribution is -1.96. The van der Waals surface area contributed by atoms with Gasteiger partial charge in [0.15, 0.2) is 5.69 Å². The second-order valence-electron chi connectivity index (χ2n) is 2.98. The standard InChI is InChI=1S/C10H9NO2S/c12-10(13)8-6-14-9(11-8)7-4-2-1-3-5-7/h2,4-6H,1,3H2,(H,12,13). The van der Waals surface area contributed by atoms with E-state index < -0.39 is 5.97 Å². The zero-order valence-corrected chi connectivity index (χ0v) is 8.25. The van der Waals surface area contributed by atoms with Crippen LogP contribution in [0.1, 0.15) is 28.3 Å². The first-order valence-corrected chi connectivity index (χ1v) is 5.21. The lowest BCUT2D eigenvalue weighted by atomic mass is 10.1. The summed E-state index contributed by atoms with van der Waals surface area (Å²) in [5, 5.41) is 11.1. The summed E-state index contributed by atoms with van der Waals surface area (Å²) >= 11 is 1.37. The minimum absolute atomic E-state index is 0.130. The van der Waals surface area contributed by atoms with Gasteiger partial charge in [-0.1, -0.05) is 18.2 Å². The summed E-state index contributed by atoms with van der Waals surface area (Å²) in [7, 11) is 0. The van der Waals surface area contributed by atoms with Gasteiger partial charge in [-0.2, -0.15) is 0 Å². The van der Waals surface area contributed by atoms with E-state index >= 15 is 0 Å². The molecule has 0 unspecified atom stereocenters. The van der Waals surface area contributed by atoms with E-state index in [1.807, 2.05) is 6.08 Å². The molecule has 14 heavy (non-hydrogen) atoms. The maximum atomic E-state index is 10.6. The van der Waals surface area contributed by atoms with Gasteiger partial charge in [0.25, 0.3) is 0 Å². The van der Waals surface area contributed by atoms with Gasteiger partial charge in [0.05, 0.1) is 0 Å². The molecule has 2 rings (SSSR count). The third-order valence-corrected chi connectivity index (χ3v) is 2.86. The fourth-order valence-electron chi connectivity index (χ4n) is 1.28. The van der Waals surface area contributed by atoms with Crippen LogP contribution in [0.4, 0.5) is 0 Å². The van der Waals surface area contributed by atoms with E-state index in [-0.39, 0.29) is 5.69 Å². The first kappa shape index (κ1) is 9.15. The highest BCUT2D eigenvalue weighted by atomic mass is 32.1. The van der Waals surface area contributed by atoms with Gasteiger partial charge in [0.1, 0.15) is 5.01 Å². The largest absolute Gasteiger partial charge is 0.476 e. The molecule has 0 atom stereocenters. The number of nitrogens with zero attached hydrogens (tertiary/aromatic N) is 1. The summed E-state index contributed by atoms with van der Waals surface area (Å²) < 4.78 is 0. The number of carboxylic acid groups (broad SMARTS) is 1. The molecule has 1 aliphatic rings. The number of rotatable bonds is 2. The first-order chi connectivity index (χ1) is 6.77. The maximum absolute atomic E-state index is 10.6. The van der Waals surface area contributed by atoms with Gasteiger partial charge >= 0.3 is 5.97 Å². The molecular weight excluding hydrogens is 198 g/mol. The fraction of sp³-hybridized carbons (Fsp3) is 0.200. The van der Waals surface area contributed by atoms with Gasteiger partial charge < -0.3 is 5.11 Å². The molecule has 0 bridgehead atoms. The van der Waals surface area contributed by atoms with Crippen molar-refractivity contribution >= 4 is 22.9 Å². The Hall–Kier alpha value is -1.42. The Kier molecular flexibility index (Phi) is 2.45. The van der Waals surface area contributed by atoms with Crippen LogP contribution in [-0.2, 0) is 0 Å². The SMILES string of the molecule is O=C(O)c1csc(C2=CCCC=C2)n1. The van der Waals surface area contributed by atoms with Gasteiger partial charge in [-0.3, -0.25) is 0 Å². The number of carboxylic acids is 1. The second-order valence-corrected chi connectivity index (χ2v) is 3.84. The molecule has 3 nitrogen and oxygen atoms in total. The summed E-state index contributed by atoms with van der Waals surface area (Å²) in [6.07, 6.45) is 8.23. The average Bonchev–Trinajstić information content (AvgIpc) is 2.68. The number of aromatic carboxylic acids is 1. The predicted molar refractivity (Wildman–Crippen MR) is 55.4 cm³/mol. The zero-order valence-electron chi connectivity index (χ0n) is 7.43. The maximum Gasteiger partial charge on any atom is 0.355 e. The van der Waals surface area contributed by atoms with Crippen LogP contribution in [0.3, 0.4) is 0 Å². The predicted octanol–water partition coefficient (Wildman–Crippen LogP) is 2.57. The highest BCUT2D eigenvalue weighted by Crippen LogP contribution is 2.24. The highest BCUT2D eigenvalue weighted by molar-refractivity contribution is 7.11. The molecule has 0 radical (unpaired) electrons. The van der Waals surface area contributed by atoms with E-state index in [9.17, 15) is 4.79 Å². The smallest absolute Gasteiger partial charge is 0.355 e. The van der Waals surface area contributed by atoms with E-state index in [4.69, 9.17) is 5.11 Å². The Labute approximate surface area is 85.4 Å². The molecular formula is C10H9NO2S. The van der Waals surface area contributed by atoms with Crippen molar-refractivity contribution in [2.24, 2.45) is 0 Å². The van der Waals surface area contributed by atoms with Crippen LogP contribution in [0.15, 0.2) is 23.6 Å². The summed E-state index contributed by atoms with van der Waals surface area (Å²) in [5.74, 6) is -0.965. The Morgan fingerprint density at radius 3 is 2.93 bits per heavy atom. The summed E-state index contributed by atoms with van der Waals surface area (Å²) in [4.78, 5) is 14.6. The highest BCUT2D eigenvalue weighted by Gasteiger charge is 2.10. The van der Waals surface area contributed by atoms with Crippen molar-refractivity contribution in [2.45, 2.75) is 12.8 Å². The zero-order chi connectivity index (χ0) is 9.97. The van der Waals surface area contributed by atoms with Crippen molar-refractivity contribution in [3.05, 3.63) is 34.3 Å². The Balaban J connectivity index is 2.28. The van der Waals surface area contributed by atoms with Crippen LogP contribution >= 0.6 is 11.3 Å². The molecule has 0 aliphatic heterocycles. The van der Waals surface area contributed by atoms with Crippen molar-refractivity contribution in [3.63, 3.8) is 0 Å². The van der Waals surface area contributed by atoms with Gasteiger partial charge in [-0.15, -0.1) is 11.3 Å². The molecule has 1 aromatic heterocycles. The third-order valence-electron chi connectivity index (χ3n) is 1.97. The number of thiazole rings is 1. The number of allylic oxidation sites excluding steroid dienone is 4. The van der Waals surface area contributed by atoms with Gasteiger partial charge in [-0.25, -0.2) is 9.78 Å². The lowest BCUT2D eigenvalue weighted by molar-refractivity contribution is 0.0691. The number of hydrogen-bond donors (Lipinski definition) is 1. The molecule has 0 amide bonds. The summed E-state index contributed by atoms with van der Waals surface area (Å²) in [6.45, 7) is 0. The molecule has 1 aliphatic carbocycles. The van der Waals surface area contributed by atoms with E-state index in [1.54, 1.807) is 5.38 Å². The molecule has 1 aromatic rings. The fourth-order valence-corrected chi connectivity index (χ4v) is 2.09. The van der Waals surface area contributed by atoms with Crippen molar-refractivity contribution in [3.8, 4) is 0 Å². The van der Waals surface area contributed by atoms with E-state index in [2.05, 4.69) is 17.1 Å². The monoisotopic (exact) mass is 207 g/mol. The molecule has 1 N–H and O–H groups in total. The topological polar surface area (TPSA) is 50.2 Å². The van der Waals surface area contributed by atoms with Crippen molar-refractivity contribution < 1.29 is 9.90 Å². The molecule has 0 saturated heterocycles. The van der Waals surface area contributed by atoms with Crippen LogP contribution in [0.2, 0.25) is 0 Å². The Morgan fingerprint density at radius 2 is 2.36 bits per heavy atom. The average molecular weight is 207 g/mol. The molecule has 0 aromatic carbocycles. The summed E-state index contributed by atoms with van der Waals surface area (Å²) in [5.41, 5.74) is 1.17. The van der Waals surface area contributed by atoms with E-state index in [0.29, 0.717) is 0 Å². The summed E-state index contributed by atoms with van der Waals surface area (Å²) in [6, 6.07) is 0. The van der Waals surface area contributed by atoms with Gasteiger partial charge in [0, 0.05) is 11.0 Å². The van der Waals surface area contributed by atoms with Crippen LogP contribution in [-0.4, -0.2) is 16.1 Å². The van der Waals surface area contributed by atoms with Crippen molar-refractivity contribution in [2.75, 3.05) is 0 Å². The second kappa shape index (κ2) is 3.75. The molecule has 4 heteroatoms. The van der Waals surface area contributed by atoms with Crippen LogP contribution < -0.4 is 0 Å². The minimum atomic E-state index is -0.965. The minimum Gasteiger partial charge on any atom is -0.476 e. The van der Waals surface area contributed by atoms with Crippen LogP contribution in [0.25, 0.3) is 5.57 Å². The van der Waals surface area contributed by atoms with Crippen molar-refractivity contribution in [1.29, 1.82) is 0 Å². The Bertz CT molecular complexity index is 418. The number of hydrogen-bond acceptors (Lipinski definition) is 3. The molecule has 0 spiro atoms. The quantitative estimate of drug-likeness (QED) is 0.810. The Morgan fingerprint density at radius 1 is 1.50 bits per heavy atom. The van der Waals surface area contributed by atoms with Gasteiger partial charge in [-0.05, 0) is 12.8 Å². The van der Waals surface area contributed by atoms with Crippen LogP contribution in [0, 0.1) is 0 Å². The number of aromatic nitrogens is 1. The lowest BCUT2D eigenvalue weighted by Gasteiger charge is -2.01. The molecule has 0 fully saturated rings. The van der Waals surface area contributed by atoms with E-state index in [0.717, 1.165) is 23.4 Å².